The van der Waals surface area contributed by atoms with Crippen molar-refractivity contribution < 1.29 is 22.4 Å². The first-order chi connectivity index (χ1) is 12.4. The van der Waals surface area contributed by atoms with Gasteiger partial charge in [-0.1, -0.05) is 18.2 Å². The van der Waals surface area contributed by atoms with Crippen molar-refractivity contribution in [2.45, 2.75) is 11.3 Å². The molecular formula is C18H20N2O5S. The Morgan fingerprint density at radius 2 is 1.65 bits per heavy atom. The maximum Gasteiger partial charge on any atom is 0.289 e. The summed E-state index contributed by atoms with van der Waals surface area (Å²) in [5.74, 6) is -0.0532. The molecule has 2 amide bonds. The predicted octanol–water partition coefficient (Wildman–Crippen LogP) is 1.21. The van der Waals surface area contributed by atoms with Crippen LogP contribution in [-0.4, -0.2) is 62.5 Å². The standard InChI is InChI=1S/C18H20N2O5S/c1-26(23,24)16-7-3-2-5-14(16)13-17(21)19-8-10-20(11-9-19)18(22)15-6-4-12-25-15/h2-7,12H,8-11,13H2,1H3. The first-order valence-corrected chi connectivity index (χ1v) is 10.1. The molecule has 138 valence electrons. The van der Waals surface area contributed by atoms with Crippen LogP contribution in [0, 0.1) is 0 Å². The van der Waals surface area contributed by atoms with E-state index in [1.807, 2.05) is 0 Å². The van der Waals surface area contributed by atoms with Crippen LogP contribution in [0.1, 0.15) is 16.1 Å². The SMILES string of the molecule is CS(=O)(=O)c1ccccc1CC(=O)N1CCN(C(=O)c2ccco2)CC1. The summed E-state index contributed by atoms with van der Waals surface area (Å²) in [5, 5.41) is 0. The molecule has 0 radical (unpaired) electrons. The molecule has 0 saturated carbocycles. The van der Waals surface area contributed by atoms with Crippen molar-refractivity contribution in [3.05, 3.63) is 54.0 Å². The van der Waals surface area contributed by atoms with Crippen LogP contribution in [0.2, 0.25) is 0 Å². The van der Waals surface area contributed by atoms with E-state index in [1.165, 1.54) is 12.3 Å². The van der Waals surface area contributed by atoms with Gasteiger partial charge in [-0.2, -0.15) is 0 Å². The Labute approximate surface area is 152 Å². The molecule has 0 spiro atoms. The highest BCUT2D eigenvalue weighted by molar-refractivity contribution is 7.90. The number of rotatable bonds is 4. The molecule has 1 fully saturated rings. The molecular weight excluding hydrogens is 356 g/mol. The van der Waals surface area contributed by atoms with Crippen molar-refractivity contribution in [3.63, 3.8) is 0 Å². The number of benzene rings is 1. The Morgan fingerprint density at radius 1 is 1.00 bits per heavy atom. The van der Waals surface area contributed by atoms with Crippen LogP contribution in [0.4, 0.5) is 0 Å². The van der Waals surface area contributed by atoms with Gasteiger partial charge in [-0.15, -0.1) is 0 Å². The quantitative estimate of drug-likeness (QED) is 0.800. The number of furan rings is 1. The van der Waals surface area contributed by atoms with Gasteiger partial charge in [-0.05, 0) is 23.8 Å². The summed E-state index contributed by atoms with van der Waals surface area (Å²) in [6.45, 7) is 1.65. The van der Waals surface area contributed by atoms with Crippen molar-refractivity contribution in [1.29, 1.82) is 0 Å². The first-order valence-electron chi connectivity index (χ1n) is 8.25. The molecule has 0 bridgehead atoms. The van der Waals surface area contributed by atoms with Gasteiger partial charge in [0.1, 0.15) is 0 Å². The number of hydrogen-bond donors (Lipinski definition) is 0. The Kier molecular flexibility index (Phi) is 5.13. The molecule has 0 unspecified atom stereocenters. The van der Waals surface area contributed by atoms with E-state index >= 15 is 0 Å². The molecule has 3 rings (SSSR count). The number of nitrogens with zero attached hydrogens (tertiary/aromatic N) is 2. The zero-order valence-corrected chi connectivity index (χ0v) is 15.2. The third-order valence-corrected chi connectivity index (χ3v) is 5.56. The second-order valence-corrected chi connectivity index (χ2v) is 8.19. The van der Waals surface area contributed by atoms with Crippen LogP contribution in [0.25, 0.3) is 0 Å². The molecule has 7 nitrogen and oxygen atoms in total. The van der Waals surface area contributed by atoms with Crippen molar-refractivity contribution in [2.75, 3.05) is 32.4 Å². The summed E-state index contributed by atoms with van der Waals surface area (Å²) in [4.78, 5) is 28.3. The minimum atomic E-state index is -3.39. The highest BCUT2D eigenvalue weighted by Gasteiger charge is 2.26. The van der Waals surface area contributed by atoms with E-state index in [2.05, 4.69) is 0 Å². The average Bonchev–Trinajstić information content (AvgIpc) is 3.15. The lowest BCUT2D eigenvalue weighted by Gasteiger charge is -2.34. The van der Waals surface area contributed by atoms with E-state index in [9.17, 15) is 18.0 Å². The average molecular weight is 376 g/mol. The van der Waals surface area contributed by atoms with Crippen LogP contribution in [0.3, 0.4) is 0 Å². The van der Waals surface area contributed by atoms with Crippen LogP contribution >= 0.6 is 0 Å². The van der Waals surface area contributed by atoms with Crippen molar-refractivity contribution >= 4 is 21.7 Å². The molecule has 0 N–H and O–H groups in total. The Balaban J connectivity index is 1.62. The summed E-state index contributed by atoms with van der Waals surface area (Å²) in [6, 6.07) is 9.80. The van der Waals surface area contributed by atoms with Crippen molar-refractivity contribution in [3.8, 4) is 0 Å². The highest BCUT2D eigenvalue weighted by atomic mass is 32.2. The summed E-state index contributed by atoms with van der Waals surface area (Å²) < 4.78 is 28.8. The van der Waals surface area contributed by atoms with E-state index in [-0.39, 0.29) is 28.9 Å². The van der Waals surface area contributed by atoms with E-state index in [0.29, 0.717) is 31.7 Å². The normalized spacial score (nSPS) is 15.1. The van der Waals surface area contributed by atoms with Crippen molar-refractivity contribution in [1.82, 2.24) is 9.80 Å². The number of sulfone groups is 1. The van der Waals surface area contributed by atoms with Crippen LogP contribution in [0.5, 0.6) is 0 Å². The van der Waals surface area contributed by atoms with Gasteiger partial charge in [0.25, 0.3) is 5.91 Å². The summed E-state index contributed by atoms with van der Waals surface area (Å²) in [5.41, 5.74) is 0.495. The Hall–Kier alpha value is -2.61. The zero-order chi connectivity index (χ0) is 18.7. The molecule has 8 heteroatoms. The molecule has 26 heavy (non-hydrogen) atoms. The van der Waals surface area contributed by atoms with Gasteiger partial charge in [0.05, 0.1) is 17.6 Å². The second kappa shape index (κ2) is 7.33. The van der Waals surface area contributed by atoms with E-state index in [1.54, 1.807) is 40.1 Å². The van der Waals surface area contributed by atoms with Gasteiger partial charge in [0.2, 0.25) is 5.91 Å². The van der Waals surface area contributed by atoms with Gasteiger partial charge in [0.15, 0.2) is 15.6 Å². The minimum absolute atomic E-state index is 0.0232. The number of carbonyl (C=O) groups is 2. The largest absolute Gasteiger partial charge is 0.459 e. The van der Waals surface area contributed by atoms with E-state index in [4.69, 9.17) is 4.42 Å². The van der Waals surface area contributed by atoms with Crippen LogP contribution < -0.4 is 0 Å². The van der Waals surface area contributed by atoms with Crippen LogP contribution in [0.15, 0.2) is 52.0 Å². The van der Waals surface area contributed by atoms with Crippen molar-refractivity contribution in [2.24, 2.45) is 0 Å². The second-order valence-electron chi connectivity index (χ2n) is 6.21. The highest BCUT2D eigenvalue weighted by Crippen LogP contribution is 2.17. The predicted molar refractivity (Wildman–Crippen MR) is 94.4 cm³/mol. The smallest absolute Gasteiger partial charge is 0.289 e. The monoisotopic (exact) mass is 376 g/mol. The van der Waals surface area contributed by atoms with E-state index < -0.39 is 9.84 Å². The maximum atomic E-state index is 12.6. The van der Waals surface area contributed by atoms with Gasteiger partial charge in [-0.25, -0.2) is 8.42 Å². The molecule has 2 aromatic rings. The molecule has 1 aromatic carbocycles. The van der Waals surface area contributed by atoms with Crippen LogP contribution in [-0.2, 0) is 21.1 Å². The molecule has 1 aliphatic heterocycles. The van der Waals surface area contributed by atoms with Gasteiger partial charge in [-0.3, -0.25) is 9.59 Å². The van der Waals surface area contributed by atoms with Gasteiger partial charge >= 0.3 is 0 Å². The number of amides is 2. The van der Waals surface area contributed by atoms with E-state index in [0.717, 1.165) is 6.26 Å². The third-order valence-electron chi connectivity index (χ3n) is 4.37. The third kappa shape index (κ3) is 3.96. The Bertz CT molecular complexity index is 897. The number of piperazine rings is 1. The maximum absolute atomic E-state index is 12.6. The minimum Gasteiger partial charge on any atom is -0.459 e. The fraction of sp³-hybridized carbons (Fsp3) is 0.333. The fourth-order valence-corrected chi connectivity index (χ4v) is 3.94. The zero-order valence-electron chi connectivity index (χ0n) is 14.4. The van der Waals surface area contributed by atoms with Gasteiger partial charge < -0.3 is 14.2 Å². The molecule has 0 aliphatic carbocycles. The molecule has 1 aliphatic rings. The number of hydrogen-bond acceptors (Lipinski definition) is 5. The summed E-state index contributed by atoms with van der Waals surface area (Å²) in [6.07, 6.45) is 2.61. The topological polar surface area (TPSA) is 87.9 Å². The molecule has 2 heterocycles. The molecule has 1 aromatic heterocycles. The Morgan fingerprint density at radius 3 is 2.27 bits per heavy atom. The van der Waals surface area contributed by atoms with Gasteiger partial charge in [0, 0.05) is 32.4 Å². The molecule has 0 atom stereocenters. The summed E-state index contributed by atoms with van der Waals surface area (Å²) >= 11 is 0. The number of carbonyl (C=O) groups excluding carboxylic acids is 2. The first kappa shape index (κ1) is 18.2. The molecule has 1 saturated heterocycles. The lowest BCUT2D eigenvalue weighted by molar-refractivity contribution is -0.132. The fourth-order valence-electron chi connectivity index (χ4n) is 3.00. The lowest BCUT2D eigenvalue weighted by atomic mass is 10.1. The summed E-state index contributed by atoms with van der Waals surface area (Å²) in [7, 11) is -3.39. The lowest BCUT2D eigenvalue weighted by Crippen LogP contribution is -2.51.